The average Bonchev–Trinajstić information content (AvgIpc) is 2.57. The van der Waals surface area contributed by atoms with Crippen molar-refractivity contribution in [1.82, 2.24) is 0 Å². The summed E-state index contributed by atoms with van der Waals surface area (Å²) in [5, 5.41) is 0. The number of hydrogen-bond acceptors (Lipinski definition) is 3. The Morgan fingerprint density at radius 2 is 1.79 bits per heavy atom. The molecule has 2 aromatic rings. The number of carbonyl (C=O) groups is 1. The van der Waals surface area contributed by atoms with E-state index in [1.165, 1.54) is 11.1 Å². The highest BCUT2D eigenvalue weighted by molar-refractivity contribution is 9.10. The Hall–Kier alpha value is -1.81. The number of benzene rings is 2. The van der Waals surface area contributed by atoms with Gasteiger partial charge >= 0.3 is 5.97 Å². The van der Waals surface area contributed by atoms with Gasteiger partial charge in [-0.15, -0.1) is 0 Å². The van der Waals surface area contributed by atoms with Crippen LogP contribution in [0, 0.1) is 13.8 Å². The van der Waals surface area contributed by atoms with Gasteiger partial charge in [-0.25, -0.2) is 0 Å². The molecule has 24 heavy (non-hydrogen) atoms. The van der Waals surface area contributed by atoms with Crippen LogP contribution in [0.15, 0.2) is 34.8 Å². The van der Waals surface area contributed by atoms with Crippen LogP contribution >= 0.6 is 15.9 Å². The molecule has 0 aromatic heterocycles. The van der Waals surface area contributed by atoms with Crippen LogP contribution in [0.4, 0.5) is 0 Å². The van der Waals surface area contributed by atoms with E-state index >= 15 is 0 Å². The van der Waals surface area contributed by atoms with Gasteiger partial charge in [0.15, 0.2) is 0 Å². The lowest BCUT2D eigenvalue weighted by Crippen LogP contribution is -2.10. The van der Waals surface area contributed by atoms with Crippen LogP contribution < -0.4 is 9.47 Å². The molecule has 0 fully saturated rings. The predicted molar refractivity (Wildman–Crippen MR) is 99.7 cm³/mol. The highest BCUT2D eigenvalue weighted by Gasteiger charge is 2.13. The number of ether oxygens (including phenoxy) is 2. The third-order valence-corrected chi connectivity index (χ3v) is 4.66. The zero-order valence-electron chi connectivity index (χ0n) is 14.6. The highest BCUT2D eigenvalue weighted by atomic mass is 79.9. The first-order valence-corrected chi connectivity index (χ1v) is 8.96. The van der Waals surface area contributed by atoms with E-state index in [9.17, 15) is 4.79 Å². The van der Waals surface area contributed by atoms with E-state index in [4.69, 9.17) is 9.47 Å². The molecule has 0 aliphatic heterocycles. The Bertz CT molecular complexity index is 738. The fourth-order valence-electron chi connectivity index (χ4n) is 2.41. The van der Waals surface area contributed by atoms with Crippen LogP contribution in [0.5, 0.6) is 11.5 Å². The van der Waals surface area contributed by atoms with Crippen molar-refractivity contribution in [3.63, 3.8) is 0 Å². The summed E-state index contributed by atoms with van der Waals surface area (Å²) in [5.41, 5.74) is 4.43. The first-order chi connectivity index (χ1) is 11.5. The third-order valence-electron chi connectivity index (χ3n) is 4.04. The summed E-state index contributed by atoms with van der Waals surface area (Å²) in [5.74, 6) is 1.13. The Morgan fingerprint density at radius 1 is 1.08 bits per heavy atom. The van der Waals surface area contributed by atoms with Crippen molar-refractivity contribution < 1.29 is 14.3 Å². The van der Waals surface area contributed by atoms with Crippen molar-refractivity contribution in [2.75, 3.05) is 0 Å². The predicted octanol–water partition coefficient (Wildman–Crippen LogP) is 5.52. The monoisotopic (exact) mass is 390 g/mol. The minimum atomic E-state index is -0.239. The molecule has 128 valence electrons. The van der Waals surface area contributed by atoms with Crippen molar-refractivity contribution >= 4 is 21.9 Å². The second-order valence-electron chi connectivity index (χ2n) is 5.73. The molecule has 0 saturated heterocycles. The number of halogens is 1. The maximum absolute atomic E-state index is 11.7. The molecule has 3 nitrogen and oxygen atoms in total. The van der Waals surface area contributed by atoms with Crippen LogP contribution in [-0.4, -0.2) is 5.97 Å². The van der Waals surface area contributed by atoms with Gasteiger partial charge in [0.25, 0.3) is 0 Å². The molecule has 0 spiro atoms. The number of aryl methyl sites for hydroxylation is 3. The topological polar surface area (TPSA) is 35.5 Å². The number of rotatable bonds is 6. The lowest BCUT2D eigenvalue weighted by Gasteiger charge is -2.16. The molecule has 4 heteroatoms. The van der Waals surface area contributed by atoms with Crippen molar-refractivity contribution in [1.29, 1.82) is 0 Å². The van der Waals surface area contributed by atoms with Gasteiger partial charge in [0, 0.05) is 12.0 Å². The van der Waals surface area contributed by atoms with Crippen LogP contribution in [0.3, 0.4) is 0 Å². The normalized spacial score (nSPS) is 10.5. The second kappa shape index (κ2) is 8.34. The third kappa shape index (κ3) is 4.38. The van der Waals surface area contributed by atoms with E-state index in [1.807, 2.05) is 24.3 Å². The molecule has 0 radical (unpaired) electrons. The second-order valence-corrected chi connectivity index (χ2v) is 6.58. The molecule has 0 bridgehead atoms. The fraction of sp³-hybridized carbons (Fsp3) is 0.350. The molecule has 0 amide bonds. The lowest BCUT2D eigenvalue weighted by atomic mass is 10.0. The molecule has 0 atom stereocenters. The van der Waals surface area contributed by atoms with E-state index in [-0.39, 0.29) is 5.97 Å². The molecule has 0 N–H and O–H groups in total. The molecule has 0 aliphatic rings. The molecular weight excluding hydrogens is 368 g/mol. The molecule has 0 heterocycles. The van der Waals surface area contributed by atoms with Crippen LogP contribution in [0.2, 0.25) is 0 Å². The minimum Gasteiger partial charge on any atom is -0.488 e. The van der Waals surface area contributed by atoms with Gasteiger partial charge in [0.05, 0.1) is 4.47 Å². The Morgan fingerprint density at radius 3 is 2.46 bits per heavy atom. The number of hydrogen-bond donors (Lipinski definition) is 0. The average molecular weight is 391 g/mol. The van der Waals surface area contributed by atoms with Gasteiger partial charge in [-0.3, -0.25) is 4.79 Å². The summed E-state index contributed by atoms with van der Waals surface area (Å²) in [4.78, 5) is 11.7. The van der Waals surface area contributed by atoms with E-state index in [2.05, 4.69) is 42.8 Å². The van der Waals surface area contributed by atoms with E-state index in [0.717, 1.165) is 27.8 Å². The summed E-state index contributed by atoms with van der Waals surface area (Å²) in [6, 6.07) is 9.84. The first kappa shape index (κ1) is 18.5. The lowest BCUT2D eigenvalue weighted by molar-refractivity contribution is -0.134. The Labute approximate surface area is 152 Å². The van der Waals surface area contributed by atoms with E-state index in [1.54, 1.807) is 6.92 Å². The summed E-state index contributed by atoms with van der Waals surface area (Å²) in [7, 11) is 0. The zero-order valence-corrected chi connectivity index (χ0v) is 16.2. The van der Waals surface area contributed by atoms with Gasteiger partial charge < -0.3 is 9.47 Å². The van der Waals surface area contributed by atoms with E-state index in [0.29, 0.717) is 18.8 Å². The minimum absolute atomic E-state index is 0.239. The van der Waals surface area contributed by atoms with Crippen LogP contribution in [-0.2, 0) is 17.8 Å². The summed E-state index contributed by atoms with van der Waals surface area (Å²) < 4.78 is 12.4. The van der Waals surface area contributed by atoms with Gasteiger partial charge in [-0.2, -0.15) is 0 Å². The summed E-state index contributed by atoms with van der Waals surface area (Å²) in [6.07, 6.45) is 1.20. The maximum atomic E-state index is 11.7. The summed E-state index contributed by atoms with van der Waals surface area (Å²) >= 11 is 3.55. The molecular formula is C20H23BrO3. The summed E-state index contributed by atoms with van der Waals surface area (Å²) in [6.45, 7) is 8.35. The number of carbonyl (C=O) groups excluding carboxylic acids is 1. The SMILES string of the molecule is CCC(=O)Oc1cccc(CC)c1COc1cc(C)c(C)cc1Br. The Balaban J connectivity index is 2.28. The quantitative estimate of drug-likeness (QED) is 0.480. The van der Waals surface area contributed by atoms with Gasteiger partial charge in [-0.1, -0.05) is 26.0 Å². The first-order valence-electron chi connectivity index (χ1n) is 8.17. The smallest absolute Gasteiger partial charge is 0.310 e. The largest absolute Gasteiger partial charge is 0.488 e. The zero-order chi connectivity index (χ0) is 17.7. The molecule has 2 aromatic carbocycles. The van der Waals surface area contributed by atoms with Gasteiger partial charge in [-0.05, 0) is 71.1 Å². The molecule has 0 saturated carbocycles. The standard InChI is InChI=1S/C20H23BrO3/c1-5-15-8-7-9-18(24-20(22)6-2)16(15)12-23-19-11-14(4)13(3)10-17(19)21/h7-11H,5-6,12H2,1-4H3. The van der Waals surface area contributed by atoms with Crippen molar-refractivity contribution in [3.05, 3.63) is 57.1 Å². The van der Waals surface area contributed by atoms with Crippen molar-refractivity contribution in [3.8, 4) is 11.5 Å². The maximum Gasteiger partial charge on any atom is 0.310 e. The number of esters is 1. The van der Waals surface area contributed by atoms with E-state index < -0.39 is 0 Å². The van der Waals surface area contributed by atoms with Crippen LogP contribution in [0.25, 0.3) is 0 Å². The van der Waals surface area contributed by atoms with Crippen molar-refractivity contribution in [2.24, 2.45) is 0 Å². The fourth-order valence-corrected chi connectivity index (χ4v) is 2.98. The molecule has 0 unspecified atom stereocenters. The highest BCUT2D eigenvalue weighted by Crippen LogP contribution is 2.31. The van der Waals surface area contributed by atoms with Gasteiger partial charge in [0.2, 0.25) is 0 Å². The van der Waals surface area contributed by atoms with Crippen LogP contribution in [0.1, 0.15) is 42.5 Å². The molecule has 2 rings (SSSR count). The van der Waals surface area contributed by atoms with Gasteiger partial charge in [0.1, 0.15) is 18.1 Å². The van der Waals surface area contributed by atoms with Crippen molar-refractivity contribution in [2.45, 2.75) is 47.1 Å². The molecule has 0 aliphatic carbocycles. The Kier molecular flexibility index (Phi) is 6.44.